The Morgan fingerprint density at radius 2 is 1.92 bits per heavy atom. The molecule has 1 aromatic rings. The van der Waals surface area contributed by atoms with Gasteiger partial charge in [0.1, 0.15) is 17.2 Å². The smallest absolute Gasteiger partial charge is 0.345 e. The summed E-state index contributed by atoms with van der Waals surface area (Å²) in [6.45, 7) is 2.85. The maximum absolute atomic E-state index is 13.8. The molecule has 1 aliphatic heterocycles. The van der Waals surface area contributed by atoms with Gasteiger partial charge < -0.3 is 19.9 Å². The van der Waals surface area contributed by atoms with Crippen LogP contribution in [0.4, 0.5) is 14.5 Å². The summed E-state index contributed by atoms with van der Waals surface area (Å²) in [5.74, 6) is -6.23. The Bertz CT molecular complexity index is 815. The average Bonchev–Trinajstić information content (AvgIpc) is 2.81. The van der Waals surface area contributed by atoms with Crippen LogP contribution in [0.25, 0.3) is 0 Å². The molecule has 0 saturated heterocycles. The molecule has 0 saturated carbocycles. The number of halogens is 2. The highest BCUT2D eigenvalue weighted by Crippen LogP contribution is 2.35. The highest BCUT2D eigenvalue weighted by molar-refractivity contribution is 6.05. The summed E-state index contributed by atoms with van der Waals surface area (Å²) in [5.41, 5.74) is -0.407. The largest absolute Gasteiger partial charge is 0.480 e. The Hall–Kier alpha value is -2.90. The van der Waals surface area contributed by atoms with E-state index in [1.165, 1.54) is 32.1 Å². The van der Waals surface area contributed by atoms with Gasteiger partial charge in [-0.15, -0.1) is 0 Å². The Balaban J connectivity index is 1.92. The zero-order valence-electron chi connectivity index (χ0n) is 13.4. The lowest BCUT2D eigenvalue weighted by molar-refractivity contribution is -0.223. The molecule has 1 aromatic carbocycles. The van der Waals surface area contributed by atoms with Crippen molar-refractivity contribution in [3.63, 3.8) is 0 Å². The number of anilines is 1. The number of benzene rings is 1. The molecule has 0 unspecified atom stereocenters. The number of ether oxygens (including phenoxy) is 2. The summed E-state index contributed by atoms with van der Waals surface area (Å²) in [5, 5.41) is 12.8. The predicted octanol–water partition coefficient (Wildman–Crippen LogP) is 2.58. The minimum atomic E-state index is -1.37. The monoisotopic (exact) mass is 351 g/mol. The van der Waals surface area contributed by atoms with Gasteiger partial charge in [-0.1, -0.05) is 6.08 Å². The van der Waals surface area contributed by atoms with E-state index in [4.69, 9.17) is 9.47 Å². The van der Waals surface area contributed by atoms with E-state index in [2.05, 4.69) is 5.32 Å². The number of cyclic esters (lactones) is 1. The average molecular weight is 351 g/mol. The summed E-state index contributed by atoms with van der Waals surface area (Å²) in [6.07, 6.45) is 2.63. The molecular weight excluding hydrogens is 336 g/mol. The van der Waals surface area contributed by atoms with Crippen LogP contribution in [0, 0.1) is 17.6 Å². The number of nitrogens with one attached hydrogen (secondary N) is 1. The van der Waals surface area contributed by atoms with Gasteiger partial charge in [-0.05, 0) is 18.2 Å². The summed E-state index contributed by atoms with van der Waals surface area (Å²) < 4.78 is 37.0. The van der Waals surface area contributed by atoms with Gasteiger partial charge in [0.25, 0.3) is 11.7 Å². The molecule has 2 aliphatic rings. The zero-order chi connectivity index (χ0) is 18.4. The van der Waals surface area contributed by atoms with Gasteiger partial charge in [-0.3, -0.25) is 4.79 Å². The second kappa shape index (κ2) is 5.87. The Kier molecular flexibility index (Phi) is 3.98. The number of rotatable bonds is 3. The van der Waals surface area contributed by atoms with Gasteiger partial charge >= 0.3 is 5.97 Å². The fourth-order valence-corrected chi connectivity index (χ4v) is 2.76. The second-order valence-corrected chi connectivity index (χ2v) is 6.14. The van der Waals surface area contributed by atoms with Gasteiger partial charge in [0, 0.05) is 19.9 Å². The number of carbonyl (C=O) groups excluding carboxylic acids is 2. The van der Waals surface area contributed by atoms with Crippen molar-refractivity contribution in [1.29, 1.82) is 0 Å². The molecule has 3 rings (SSSR count). The van der Waals surface area contributed by atoms with Crippen LogP contribution in [0.5, 0.6) is 0 Å². The normalized spacial score (nSPS) is 25.0. The minimum absolute atomic E-state index is 0.0544. The number of aliphatic hydroxyl groups is 1. The van der Waals surface area contributed by atoms with Crippen molar-refractivity contribution in [2.75, 3.05) is 5.32 Å². The van der Waals surface area contributed by atoms with Crippen molar-refractivity contribution < 1.29 is 33.0 Å². The van der Waals surface area contributed by atoms with Crippen molar-refractivity contribution in [2.45, 2.75) is 25.7 Å². The zero-order valence-corrected chi connectivity index (χ0v) is 13.4. The Labute approximate surface area is 141 Å². The SMILES string of the molecule is CC1(C)OC(=O)C([C@@H]2C(=O)C=C[C@H]2Nc2ccc(F)cc2F)=C(O)O1. The van der Waals surface area contributed by atoms with Gasteiger partial charge in [0.2, 0.25) is 0 Å². The quantitative estimate of drug-likeness (QED) is 0.815. The molecule has 132 valence electrons. The molecule has 0 fully saturated rings. The third kappa shape index (κ3) is 3.19. The summed E-state index contributed by atoms with van der Waals surface area (Å²) in [6, 6.07) is 2.07. The Morgan fingerprint density at radius 3 is 2.56 bits per heavy atom. The number of aliphatic hydroxyl groups excluding tert-OH is 1. The van der Waals surface area contributed by atoms with Crippen LogP contribution in [0.2, 0.25) is 0 Å². The maximum Gasteiger partial charge on any atom is 0.345 e. The van der Waals surface area contributed by atoms with Gasteiger partial charge in [0.15, 0.2) is 5.78 Å². The van der Waals surface area contributed by atoms with E-state index < -0.39 is 47.1 Å². The summed E-state index contributed by atoms with van der Waals surface area (Å²) in [4.78, 5) is 24.4. The van der Waals surface area contributed by atoms with Crippen LogP contribution in [0.3, 0.4) is 0 Å². The molecule has 8 heteroatoms. The molecule has 0 radical (unpaired) electrons. The molecule has 0 bridgehead atoms. The Morgan fingerprint density at radius 1 is 1.20 bits per heavy atom. The molecule has 6 nitrogen and oxygen atoms in total. The first-order valence-electron chi connectivity index (χ1n) is 7.47. The van der Waals surface area contributed by atoms with E-state index in [-0.39, 0.29) is 11.3 Å². The second-order valence-electron chi connectivity index (χ2n) is 6.14. The van der Waals surface area contributed by atoms with Gasteiger partial charge in [-0.2, -0.15) is 0 Å². The molecule has 25 heavy (non-hydrogen) atoms. The van der Waals surface area contributed by atoms with Crippen LogP contribution < -0.4 is 5.32 Å². The van der Waals surface area contributed by atoms with Crippen molar-refractivity contribution >= 4 is 17.4 Å². The van der Waals surface area contributed by atoms with Gasteiger partial charge in [-0.25, -0.2) is 13.6 Å². The maximum atomic E-state index is 13.8. The van der Waals surface area contributed by atoms with Crippen LogP contribution in [0.1, 0.15) is 13.8 Å². The van der Waals surface area contributed by atoms with E-state index in [0.29, 0.717) is 6.07 Å². The first kappa shape index (κ1) is 16.9. The van der Waals surface area contributed by atoms with Crippen molar-refractivity contribution in [2.24, 2.45) is 5.92 Å². The standard InChI is InChI=1S/C17H15F2NO5/c1-17(2)24-15(22)14(16(23)25-17)13-11(5-6-12(13)21)20-10-4-3-8(18)7-9(10)19/h3-7,11,13,20,22H,1-2H3/t11-,13+/m1/s1. The van der Waals surface area contributed by atoms with E-state index >= 15 is 0 Å². The topological polar surface area (TPSA) is 84.9 Å². The van der Waals surface area contributed by atoms with Crippen LogP contribution in [0.15, 0.2) is 41.9 Å². The number of esters is 1. The van der Waals surface area contributed by atoms with E-state index in [0.717, 1.165) is 6.07 Å². The first-order chi connectivity index (χ1) is 11.7. The lowest BCUT2D eigenvalue weighted by atomic mass is 9.91. The van der Waals surface area contributed by atoms with Crippen molar-refractivity contribution in [1.82, 2.24) is 0 Å². The fourth-order valence-electron chi connectivity index (χ4n) is 2.76. The lowest BCUT2D eigenvalue weighted by Gasteiger charge is -2.33. The molecular formula is C17H15F2NO5. The molecule has 1 aliphatic carbocycles. The summed E-state index contributed by atoms with van der Waals surface area (Å²) in [7, 11) is 0. The van der Waals surface area contributed by atoms with E-state index in [9.17, 15) is 23.5 Å². The number of hydrogen-bond donors (Lipinski definition) is 2. The fraction of sp³-hybridized carbons (Fsp3) is 0.294. The van der Waals surface area contributed by atoms with Crippen molar-refractivity contribution in [3.8, 4) is 0 Å². The molecule has 0 aromatic heterocycles. The number of allylic oxidation sites excluding steroid dienone is 1. The number of hydrogen-bond acceptors (Lipinski definition) is 6. The highest BCUT2D eigenvalue weighted by atomic mass is 19.1. The predicted molar refractivity (Wildman–Crippen MR) is 82.3 cm³/mol. The first-order valence-corrected chi connectivity index (χ1v) is 7.47. The highest BCUT2D eigenvalue weighted by Gasteiger charge is 2.46. The third-order valence-corrected chi connectivity index (χ3v) is 3.83. The number of ketones is 1. The molecule has 2 N–H and O–H groups in total. The molecule has 2 atom stereocenters. The molecule has 0 amide bonds. The van der Waals surface area contributed by atoms with Crippen molar-refractivity contribution in [3.05, 3.63) is 53.5 Å². The molecule has 0 spiro atoms. The van der Waals surface area contributed by atoms with E-state index in [1.54, 1.807) is 0 Å². The van der Waals surface area contributed by atoms with Crippen LogP contribution >= 0.6 is 0 Å². The third-order valence-electron chi connectivity index (χ3n) is 3.83. The van der Waals surface area contributed by atoms with Gasteiger partial charge in [0.05, 0.1) is 17.6 Å². The van der Waals surface area contributed by atoms with Crippen LogP contribution in [-0.2, 0) is 19.1 Å². The van der Waals surface area contributed by atoms with Crippen LogP contribution in [-0.4, -0.2) is 28.7 Å². The number of carbonyl (C=O) groups is 2. The molecule has 1 heterocycles. The van der Waals surface area contributed by atoms with E-state index in [1.807, 2.05) is 0 Å². The lowest BCUT2D eigenvalue weighted by Crippen LogP contribution is -2.42. The minimum Gasteiger partial charge on any atom is -0.480 e. The summed E-state index contributed by atoms with van der Waals surface area (Å²) >= 11 is 0.